The Kier molecular flexibility index (Phi) is 7.17. The van der Waals surface area contributed by atoms with Gasteiger partial charge in [0.15, 0.2) is 0 Å². The molecule has 0 amide bonds. The van der Waals surface area contributed by atoms with Crippen molar-refractivity contribution in [3.8, 4) is 0 Å². The molecule has 0 heterocycles. The zero-order valence-corrected chi connectivity index (χ0v) is 27.3. The molecule has 3 aliphatic carbocycles. The minimum atomic E-state index is -0.00329. The molecule has 0 fully saturated rings. The van der Waals surface area contributed by atoms with Crippen molar-refractivity contribution in [2.75, 3.05) is 0 Å². The van der Waals surface area contributed by atoms with Gasteiger partial charge < -0.3 is 0 Å². The van der Waals surface area contributed by atoms with Crippen molar-refractivity contribution in [2.45, 2.75) is 65.2 Å². The number of hydrogen-bond donors (Lipinski definition) is 0. The Hall–Kier alpha value is -4.82. The summed E-state index contributed by atoms with van der Waals surface area (Å²) >= 11 is 0. The summed E-state index contributed by atoms with van der Waals surface area (Å²) in [7, 11) is 0. The largest absolute Gasteiger partial charge is 0.250 e. The molecule has 0 radical (unpaired) electrons. The zero-order chi connectivity index (χ0) is 31.4. The topological polar surface area (TPSA) is 24.7 Å². The molecule has 6 aromatic carbocycles. The van der Waals surface area contributed by atoms with Gasteiger partial charge >= 0.3 is 0 Å². The second-order valence-corrected chi connectivity index (χ2v) is 12.8. The highest BCUT2D eigenvalue weighted by Gasteiger charge is 2.46. The average Bonchev–Trinajstić information content (AvgIpc) is 3.10. The minimum absolute atomic E-state index is 0.00329. The second-order valence-electron chi connectivity index (χ2n) is 12.8. The number of benzene rings is 6. The van der Waals surface area contributed by atoms with E-state index in [-0.39, 0.29) is 11.8 Å². The third kappa shape index (κ3) is 4.46. The molecule has 0 N–H and O–H groups in total. The molecular weight excluding hydrogens is 556 g/mol. The van der Waals surface area contributed by atoms with Crippen molar-refractivity contribution < 1.29 is 0 Å². The van der Waals surface area contributed by atoms with Gasteiger partial charge in [-0.05, 0) is 116 Å². The Morgan fingerprint density at radius 2 is 0.674 bits per heavy atom. The van der Waals surface area contributed by atoms with E-state index in [2.05, 4.69) is 137 Å². The van der Waals surface area contributed by atoms with E-state index in [9.17, 15) is 0 Å². The molecule has 0 saturated carbocycles. The highest BCUT2D eigenvalue weighted by molar-refractivity contribution is 6.50. The van der Waals surface area contributed by atoms with Crippen molar-refractivity contribution >= 4 is 44.3 Å². The number of aliphatic imine (C=N–C) groups is 2. The van der Waals surface area contributed by atoms with Crippen molar-refractivity contribution in [3.63, 3.8) is 0 Å². The van der Waals surface area contributed by atoms with Crippen LogP contribution >= 0.6 is 0 Å². The zero-order valence-electron chi connectivity index (χ0n) is 27.3. The first kappa shape index (κ1) is 28.6. The van der Waals surface area contributed by atoms with Crippen molar-refractivity contribution in [1.29, 1.82) is 0 Å². The van der Waals surface area contributed by atoms with E-state index in [1.807, 2.05) is 0 Å². The molecule has 0 aromatic heterocycles. The van der Waals surface area contributed by atoms with Crippen LogP contribution in [0.3, 0.4) is 0 Å². The van der Waals surface area contributed by atoms with Crippen LogP contribution in [0.2, 0.25) is 0 Å². The molecule has 0 aliphatic heterocycles. The van der Waals surface area contributed by atoms with E-state index in [0.29, 0.717) is 0 Å². The molecular formula is C44H40N2. The summed E-state index contributed by atoms with van der Waals surface area (Å²) in [6.07, 6.45) is 3.78. The van der Waals surface area contributed by atoms with Gasteiger partial charge in [0.1, 0.15) is 0 Å². The van der Waals surface area contributed by atoms with Crippen LogP contribution in [0.25, 0.3) is 21.5 Å². The van der Waals surface area contributed by atoms with E-state index in [0.717, 1.165) is 48.5 Å². The molecule has 0 saturated heterocycles. The third-order valence-electron chi connectivity index (χ3n) is 10.4. The lowest BCUT2D eigenvalue weighted by molar-refractivity contribution is 0.881. The maximum absolute atomic E-state index is 5.77. The first-order valence-corrected chi connectivity index (χ1v) is 17.1. The molecule has 2 bridgehead atoms. The molecule has 0 spiro atoms. The number of hydrogen-bond acceptors (Lipinski definition) is 2. The molecule has 0 unspecified atom stereocenters. The van der Waals surface area contributed by atoms with Crippen LogP contribution in [0, 0.1) is 0 Å². The van der Waals surface area contributed by atoms with Gasteiger partial charge in [-0.2, -0.15) is 0 Å². The molecule has 226 valence electrons. The van der Waals surface area contributed by atoms with Gasteiger partial charge in [0, 0.05) is 0 Å². The Labute approximate surface area is 272 Å². The summed E-state index contributed by atoms with van der Waals surface area (Å²) in [6, 6.07) is 40.7. The van der Waals surface area contributed by atoms with Crippen molar-refractivity contribution in [1.82, 2.24) is 0 Å². The van der Waals surface area contributed by atoms with Crippen LogP contribution in [-0.2, 0) is 25.7 Å². The summed E-state index contributed by atoms with van der Waals surface area (Å²) in [6.45, 7) is 8.98. The van der Waals surface area contributed by atoms with E-state index in [1.165, 1.54) is 66.1 Å². The summed E-state index contributed by atoms with van der Waals surface area (Å²) in [5.74, 6) is -0.00658. The maximum atomic E-state index is 5.77. The third-order valence-corrected chi connectivity index (χ3v) is 10.4. The van der Waals surface area contributed by atoms with E-state index in [1.54, 1.807) is 0 Å². The van der Waals surface area contributed by atoms with Crippen LogP contribution in [0.1, 0.15) is 84.0 Å². The first-order chi connectivity index (χ1) is 22.6. The predicted molar refractivity (Wildman–Crippen MR) is 196 cm³/mol. The number of para-hydroxylation sites is 2. The number of fused-ring (bicyclic) bond motifs is 3. The lowest BCUT2D eigenvalue weighted by atomic mass is 9.61. The smallest absolute Gasteiger partial charge is 0.0754 e. The Bertz CT molecular complexity index is 1930. The van der Waals surface area contributed by atoms with E-state index < -0.39 is 0 Å². The van der Waals surface area contributed by atoms with E-state index in [4.69, 9.17) is 9.98 Å². The van der Waals surface area contributed by atoms with Gasteiger partial charge in [-0.25, -0.2) is 9.98 Å². The fourth-order valence-electron chi connectivity index (χ4n) is 7.97. The van der Waals surface area contributed by atoms with Gasteiger partial charge in [-0.3, -0.25) is 0 Å². The number of nitrogens with zero attached hydrogens (tertiary/aromatic N) is 2. The minimum Gasteiger partial charge on any atom is -0.250 e. The SMILES string of the molecule is CCc1cccc(CC)c1N=C1C(=Nc2c(CC)cccc2CC)C2c3cc4ccccc4cc3C1c1cc3ccccc3cc12. The molecule has 2 nitrogen and oxygen atoms in total. The summed E-state index contributed by atoms with van der Waals surface area (Å²) in [4.78, 5) is 11.5. The number of aryl methyl sites for hydroxylation is 4. The molecule has 3 aliphatic rings. The predicted octanol–water partition coefficient (Wildman–Crippen LogP) is 11.4. The van der Waals surface area contributed by atoms with Crippen LogP contribution in [0.4, 0.5) is 11.4 Å². The standard InChI is InChI=1S/C44H40N2/c1-5-27-19-13-20-28(6-2)41(27)45-43-39-35-23-31-15-9-11-17-33(31)25-37(35)40(38-26-34-18-12-10-16-32(34)24-36(38)39)44(43)46-42-29(7-3)21-14-22-30(42)8-4/h9-26,39-40H,5-8H2,1-4H3. The normalized spacial score (nSPS) is 18.4. The highest BCUT2D eigenvalue weighted by atomic mass is 14.9. The van der Waals surface area contributed by atoms with E-state index >= 15 is 0 Å². The molecule has 2 heteroatoms. The summed E-state index contributed by atoms with van der Waals surface area (Å²) in [5.41, 5.74) is 15.2. The fraction of sp³-hybridized carbons (Fsp3) is 0.227. The van der Waals surface area contributed by atoms with Gasteiger partial charge in [-0.1, -0.05) is 113 Å². The van der Waals surface area contributed by atoms with Crippen LogP contribution in [-0.4, -0.2) is 11.4 Å². The average molecular weight is 597 g/mol. The van der Waals surface area contributed by atoms with Crippen molar-refractivity contribution in [3.05, 3.63) is 154 Å². The first-order valence-electron chi connectivity index (χ1n) is 17.1. The van der Waals surface area contributed by atoms with Gasteiger partial charge in [0.25, 0.3) is 0 Å². The van der Waals surface area contributed by atoms with Gasteiger partial charge in [0.2, 0.25) is 0 Å². The molecule has 9 rings (SSSR count). The quantitative estimate of drug-likeness (QED) is 0.183. The molecule has 46 heavy (non-hydrogen) atoms. The maximum Gasteiger partial charge on any atom is 0.0754 e. The lowest BCUT2D eigenvalue weighted by Gasteiger charge is -2.43. The summed E-state index contributed by atoms with van der Waals surface area (Å²) < 4.78 is 0. The Morgan fingerprint density at radius 3 is 0.935 bits per heavy atom. The highest BCUT2D eigenvalue weighted by Crippen LogP contribution is 2.53. The number of rotatable bonds is 6. The molecule has 0 atom stereocenters. The summed E-state index contributed by atoms with van der Waals surface area (Å²) in [5, 5.41) is 5.12. The fourth-order valence-corrected chi connectivity index (χ4v) is 7.97. The van der Waals surface area contributed by atoms with Crippen molar-refractivity contribution in [2.24, 2.45) is 9.98 Å². The second kappa shape index (κ2) is 11.5. The molecule has 6 aromatic rings. The Balaban J connectivity index is 1.52. The van der Waals surface area contributed by atoms with Gasteiger partial charge in [-0.15, -0.1) is 0 Å². The monoisotopic (exact) mass is 596 g/mol. The van der Waals surface area contributed by atoms with Crippen LogP contribution in [0.5, 0.6) is 0 Å². The Morgan fingerprint density at radius 1 is 0.391 bits per heavy atom. The van der Waals surface area contributed by atoms with Crippen LogP contribution in [0.15, 0.2) is 119 Å². The van der Waals surface area contributed by atoms with Crippen LogP contribution < -0.4 is 0 Å². The lowest BCUT2D eigenvalue weighted by Crippen LogP contribution is -2.41. The van der Waals surface area contributed by atoms with Gasteiger partial charge in [0.05, 0.1) is 34.6 Å².